The number of hydrogen-bond donors (Lipinski definition) is 1. The Labute approximate surface area is 115 Å². The molecule has 1 N–H and O–H groups in total. The van der Waals surface area contributed by atoms with Crippen LogP contribution in [0.15, 0.2) is 36.4 Å². The Morgan fingerprint density at radius 3 is 2.70 bits per heavy atom. The number of hydrogen-bond acceptors (Lipinski definition) is 5. The zero-order chi connectivity index (χ0) is 14.7. The maximum Gasteiger partial charge on any atom is 0.276 e. The molecule has 7 heteroatoms. The molecule has 0 unspecified atom stereocenters. The fraction of sp³-hybridized carbons (Fsp3) is 0.154. The molecule has 0 fully saturated rings. The van der Waals surface area contributed by atoms with Crippen LogP contribution in [0.4, 0.5) is 27.4 Å². The average molecular weight is 276 g/mol. The van der Waals surface area contributed by atoms with E-state index in [9.17, 15) is 14.5 Å². The van der Waals surface area contributed by atoms with Gasteiger partial charge in [-0.15, -0.1) is 0 Å². The molecule has 0 aliphatic carbocycles. The molecule has 1 heterocycles. The Hall–Kier alpha value is -2.70. The normalized spacial score (nSPS) is 10.2. The van der Waals surface area contributed by atoms with Crippen LogP contribution in [0.1, 0.15) is 0 Å². The van der Waals surface area contributed by atoms with Gasteiger partial charge in [0.15, 0.2) is 0 Å². The third kappa shape index (κ3) is 2.82. The molecule has 1 aromatic heterocycles. The van der Waals surface area contributed by atoms with Gasteiger partial charge >= 0.3 is 0 Å². The van der Waals surface area contributed by atoms with Crippen LogP contribution in [0.25, 0.3) is 0 Å². The first-order valence-electron chi connectivity index (χ1n) is 5.85. The summed E-state index contributed by atoms with van der Waals surface area (Å²) in [4.78, 5) is 16.2. The van der Waals surface area contributed by atoms with Crippen molar-refractivity contribution >= 4 is 23.0 Å². The van der Waals surface area contributed by atoms with Crippen molar-refractivity contribution in [3.05, 3.63) is 52.3 Å². The molecule has 0 atom stereocenters. The minimum absolute atomic E-state index is 0.0809. The van der Waals surface area contributed by atoms with E-state index in [1.165, 1.54) is 24.3 Å². The van der Waals surface area contributed by atoms with E-state index in [0.29, 0.717) is 17.3 Å². The van der Waals surface area contributed by atoms with Gasteiger partial charge in [-0.05, 0) is 18.2 Å². The highest BCUT2D eigenvalue weighted by Crippen LogP contribution is 2.27. The lowest BCUT2D eigenvalue weighted by atomic mass is 10.2. The van der Waals surface area contributed by atoms with Crippen molar-refractivity contribution in [2.24, 2.45) is 0 Å². The van der Waals surface area contributed by atoms with E-state index in [2.05, 4.69) is 10.3 Å². The van der Waals surface area contributed by atoms with Gasteiger partial charge in [0, 0.05) is 19.8 Å². The molecule has 0 saturated heterocycles. The number of nitro groups is 1. The number of rotatable bonds is 4. The molecule has 1 aromatic carbocycles. The fourth-order valence-electron chi connectivity index (χ4n) is 1.72. The summed E-state index contributed by atoms with van der Waals surface area (Å²) in [6, 6.07) is 8.60. The predicted octanol–water partition coefficient (Wildman–Crippen LogP) is 2.94. The van der Waals surface area contributed by atoms with Crippen LogP contribution in [0, 0.1) is 15.9 Å². The zero-order valence-corrected chi connectivity index (χ0v) is 11.0. The van der Waals surface area contributed by atoms with E-state index < -0.39 is 4.92 Å². The topological polar surface area (TPSA) is 71.3 Å². The van der Waals surface area contributed by atoms with E-state index in [4.69, 9.17) is 0 Å². The standard InChI is InChI=1S/C13H13FN4O2/c1-15-12-7-11(18(19)20)8-13(16-12)17(2)10-5-3-4-9(14)6-10/h3-8H,1-2H3,(H,15,16). The lowest BCUT2D eigenvalue weighted by Crippen LogP contribution is -2.12. The highest BCUT2D eigenvalue weighted by atomic mass is 19.1. The first-order valence-corrected chi connectivity index (χ1v) is 5.85. The summed E-state index contributed by atoms with van der Waals surface area (Å²) < 4.78 is 13.2. The van der Waals surface area contributed by atoms with E-state index in [0.717, 1.165) is 0 Å². The number of benzene rings is 1. The number of anilines is 3. The second-order valence-corrected chi connectivity index (χ2v) is 4.11. The van der Waals surface area contributed by atoms with Gasteiger partial charge in [0.2, 0.25) is 0 Å². The number of halogens is 1. The molecule has 2 rings (SSSR count). The Kier molecular flexibility index (Phi) is 3.79. The molecular formula is C13H13FN4O2. The molecule has 104 valence electrons. The molecule has 0 bridgehead atoms. The largest absolute Gasteiger partial charge is 0.373 e. The lowest BCUT2D eigenvalue weighted by Gasteiger charge is -2.18. The van der Waals surface area contributed by atoms with Crippen molar-refractivity contribution in [1.82, 2.24) is 4.98 Å². The average Bonchev–Trinajstić information content (AvgIpc) is 2.45. The van der Waals surface area contributed by atoms with Gasteiger partial charge in [-0.3, -0.25) is 10.1 Å². The summed E-state index contributed by atoms with van der Waals surface area (Å²) in [6.45, 7) is 0. The fourth-order valence-corrected chi connectivity index (χ4v) is 1.72. The maximum atomic E-state index is 13.2. The van der Waals surface area contributed by atoms with Crippen molar-refractivity contribution in [3.63, 3.8) is 0 Å². The molecule has 2 aromatic rings. The van der Waals surface area contributed by atoms with Crippen molar-refractivity contribution in [3.8, 4) is 0 Å². The molecule has 0 spiro atoms. The Balaban J connectivity index is 2.45. The first-order chi connectivity index (χ1) is 9.51. The Bertz CT molecular complexity index is 648. The zero-order valence-electron chi connectivity index (χ0n) is 11.0. The minimum Gasteiger partial charge on any atom is -0.373 e. The summed E-state index contributed by atoms with van der Waals surface area (Å²) in [7, 11) is 3.29. The lowest BCUT2D eigenvalue weighted by molar-refractivity contribution is -0.384. The van der Waals surface area contributed by atoms with Crippen molar-refractivity contribution in [2.45, 2.75) is 0 Å². The van der Waals surface area contributed by atoms with Gasteiger partial charge in [0.1, 0.15) is 17.5 Å². The van der Waals surface area contributed by atoms with Crippen LogP contribution in [0.2, 0.25) is 0 Å². The smallest absolute Gasteiger partial charge is 0.276 e. The molecule has 6 nitrogen and oxygen atoms in total. The second kappa shape index (κ2) is 5.52. The van der Waals surface area contributed by atoms with E-state index in [-0.39, 0.29) is 11.5 Å². The van der Waals surface area contributed by atoms with Gasteiger partial charge in [0.25, 0.3) is 5.69 Å². The molecule has 0 amide bonds. The Morgan fingerprint density at radius 2 is 2.10 bits per heavy atom. The van der Waals surface area contributed by atoms with Gasteiger partial charge in [-0.25, -0.2) is 9.37 Å². The number of aromatic nitrogens is 1. The number of pyridine rings is 1. The van der Waals surface area contributed by atoms with Crippen LogP contribution in [0.3, 0.4) is 0 Å². The monoisotopic (exact) mass is 276 g/mol. The maximum absolute atomic E-state index is 13.2. The second-order valence-electron chi connectivity index (χ2n) is 4.11. The first kappa shape index (κ1) is 13.7. The van der Waals surface area contributed by atoms with Gasteiger partial charge in [-0.2, -0.15) is 0 Å². The predicted molar refractivity (Wildman–Crippen MR) is 74.9 cm³/mol. The van der Waals surface area contributed by atoms with Crippen LogP contribution in [-0.2, 0) is 0 Å². The van der Waals surface area contributed by atoms with Crippen molar-refractivity contribution in [1.29, 1.82) is 0 Å². The highest BCUT2D eigenvalue weighted by Gasteiger charge is 2.14. The molecule has 0 aliphatic heterocycles. The minimum atomic E-state index is -0.495. The molecule has 20 heavy (non-hydrogen) atoms. The van der Waals surface area contributed by atoms with Gasteiger partial charge in [0.05, 0.1) is 17.1 Å². The van der Waals surface area contributed by atoms with Gasteiger partial charge in [-0.1, -0.05) is 6.07 Å². The van der Waals surface area contributed by atoms with E-state index >= 15 is 0 Å². The summed E-state index contributed by atoms with van der Waals surface area (Å²) in [6.07, 6.45) is 0. The van der Waals surface area contributed by atoms with E-state index in [1.54, 1.807) is 31.1 Å². The SMILES string of the molecule is CNc1cc([N+](=O)[O-])cc(N(C)c2cccc(F)c2)n1. The number of nitrogens with zero attached hydrogens (tertiary/aromatic N) is 3. The third-order valence-electron chi connectivity index (χ3n) is 2.80. The van der Waals surface area contributed by atoms with E-state index in [1.807, 2.05) is 0 Å². The van der Waals surface area contributed by atoms with Crippen molar-refractivity contribution < 1.29 is 9.31 Å². The number of nitrogens with one attached hydrogen (secondary N) is 1. The summed E-state index contributed by atoms with van der Waals surface area (Å²) >= 11 is 0. The molecule has 0 aliphatic rings. The van der Waals surface area contributed by atoms with Crippen LogP contribution in [-0.4, -0.2) is 24.0 Å². The Morgan fingerprint density at radius 1 is 1.35 bits per heavy atom. The quantitative estimate of drug-likeness (QED) is 0.686. The highest BCUT2D eigenvalue weighted by molar-refractivity contribution is 5.64. The van der Waals surface area contributed by atoms with Crippen molar-refractivity contribution in [2.75, 3.05) is 24.3 Å². The summed E-state index contributed by atoms with van der Waals surface area (Å²) in [5.41, 5.74) is 0.475. The van der Waals surface area contributed by atoms with Gasteiger partial charge < -0.3 is 10.2 Å². The molecule has 0 radical (unpaired) electrons. The van der Waals surface area contributed by atoms with Crippen LogP contribution < -0.4 is 10.2 Å². The third-order valence-corrected chi connectivity index (χ3v) is 2.80. The molecule has 0 saturated carbocycles. The van der Waals surface area contributed by atoms with Crippen LogP contribution in [0.5, 0.6) is 0 Å². The molecular weight excluding hydrogens is 263 g/mol. The summed E-state index contributed by atoms with van der Waals surface area (Å²) in [5, 5.41) is 13.7. The van der Waals surface area contributed by atoms with Crippen LogP contribution >= 0.6 is 0 Å². The summed E-state index contributed by atoms with van der Waals surface area (Å²) in [5.74, 6) is 0.347.